The van der Waals surface area contributed by atoms with Gasteiger partial charge in [-0.05, 0) is 48.9 Å². The summed E-state index contributed by atoms with van der Waals surface area (Å²) in [5.74, 6) is -0.919. The fourth-order valence-electron chi connectivity index (χ4n) is 2.21. The minimum Gasteiger partial charge on any atom is -0.478 e. The van der Waals surface area contributed by atoms with Gasteiger partial charge in [0.25, 0.3) is 0 Å². The van der Waals surface area contributed by atoms with E-state index in [9.17, 15) is 4.79 Å². The summed E-state index contributed by atoms with van der Waals surface area (Å²) in [5.41, 5.74) is 4.37. The lowest BCUT2D eigenvalue weighted by Gasteiger charge is -2.08. The highest BCUT2D eigenvalue weighted by Crippen LogP contribution is 2.15. The highest BCUT2D eigenvalue weighted by Gasteiger charge is 2.04. The summed E-state index contributed by atoms with van der Waals surface area (Å²) in [6.45, 7) is 2.62. The third kappa shape index (κ3) is 2.72. The predicted molar refractivity (Wildman–Crippen MR) is 81.5 cm³/mol. The van der Waals surface area contributed by atoms with E-state index < -0.39 is 5.97 Å². The van der Waals surface area contributed by atoms with Crippen molar-refractivity contribution in [3.05, 3.63) is 59.9 Å². The molecule has 1 heterocycles. The number of nitrogens with zero attached hydrogens (tertiary/aromatic N) is 2. The SMILES string of the molecule is Cc1ccc2c(c1)ncn2CNc1ccc(C(=O)O)cc1. The molecule has 0 aliphatic rings. The first-order chi connectivity index (χ1) is 10.1. The Morgan fingerprint density at radius 1 is 1.24 bits per heavy atom. The van der Waals surface area contributed by atoms with Crippen LogP contribution < -0.4 is 5.32 Å². The van der Waals surface area contributed by atoms with E-state index in [2.05, 4.69) is 16.4 Å². The molecule has 21 heavy (non-hydrogen) atoms. The zero-order valence-corrected chi connectivity index (χ0v) is 11.6. The fourth-order valence-corrected chi connectivity index (χ4v) is 2.21. The molecule has 5 heteroatoms. The summed E-state index contributed by atoms with van der Waals surface area (Å²) >= 11 is 0. The Morgan fingerprint density at radius 2 is 2.00 bits per heavy atom. The van der Waals surface area contributed by atoms with Gasteiger partial charge in [-0.25, -0.2) is 9.78 Å². The number of aryl methyl sites for hydroxylation is 1. The lowest BCUT2D eigenvalue weighted by molar-refractivity contribution is 0.0697. The molecule has 0 aliphatic heterocycles. The molecule has 106 valence electrons. The summed E-state index contributed by atoms with van der Waals surface area (Å²) in [7, 11) is 0. The molecule has 0 spiro atoms. The second-order valence-corrected chi connectivity index (χ2v) is 4.92. The molecular formula is C16H15N3O2. The smallest absolute Gasteiger partial charge is 0.335 e. The van der Waals surface area contributed by atoms with Crippen LogP contribution in [0.2, 0.25) is 0 Å². The Labute approximate surface area is 121 Å². The first-order valence-electron chi connectivity index (χ1n) is 6.62. The Kier molecular flexibility index (Phi) is 3.31. The Bertz CT molecular complexity index is 791. The second kappa shape index (κ2) is 5.28. The molecule has 3 aromatic rings. The molecule has 0 aliphatic carbocycles. The van der Waals surface area contributed by atoms with Gasteiger partial charge in [0.1, 0.15) is 0 Å². The fraction of sp³-hybridized carbons (Fsp3) is 0.125. The molecule has 0 radical (unpaired) electrons. The molecule has 3 rings (SSSR count). The van der Waals surface area contributed by atoms with E-state index in [1.807, 2.05) is 23.6 Å². The quantitative estimate of drug-likeness (QED) is 0.771. The van der Waals surface area contributed by atoms with Crippen molar-refractivity contribution >= 4 is 22.7 Å². The van der Waals surface area contributed by atoms with Crippen LogP contribution in [0.4, 0.5) is 5.69 Å². The number of anilines is 1. The summed E-state index contributed by atoms with van der Waals surface area (Å²) in [6, 6.07) is 12.8. The van der Waals surface area contributed by atoms with Crippen LogP contribution in [0, 0.1) is 6.92 Å². The van der Waals surface area contributed by atoms with Crippen molar-refractivity contribution < 1.29 is 9.90 Å². The van der Waals surface area contributed by atoms with E-state index in [0.717, 1.165) is 16.7 Å². The highest BCUT2D eigenvalue weighted by molar-refractivity contribution is 5.88. The van der Waals surface area contributed by atoms with Crippen LogP contribution >= 0.6 is 0 Å². The number of imidazole rings is 1. The van der Waals surface area contributed by atoms with E-state index in [0.29, 0.717) is 6.67 Å². The van der Waals surface area contributed by atoms with E-state index in [4.69, 9.17) is 5.11 Å². The van der Waals surface area contributed by atoms with Gasteiger partial charge in [-0.2, -0.15) is 0 Å². The molecule has 2 aromatic carbocycles. The third-order valence-electron chi connectivity index (χ3n) is 3.36. The van der Waals surface area contributed by atoms with Crippen molar-refractivity contribution in [2.24, 2.45) is 0 Å². The van der Waals surface area contributed by atoms with E-state index in [-0.39, 0.29) is 5.56 Å². The molecule has 2 N–H and O–H groups in total. The van der Waals surface area contributed by atoms with Gasteiger partial charge in [0.05, 0.1) is 29.6 Å². The molecule has 0 unspecified atom stereocenters. The highest BCUT2D eigenvalue weighted by atomic mass is 16.4. The predicted octanol–water partition coefficient (Wildman–Crippen LogP) is 3.11. The van der Waals surface area contributed by atoms with Crippen molar-refractivity contribution in [2.45, 2.75) is 13.6 Å². The number of hydrogen-bond donors (Lipinski definition) is 2. The zero-order chi connectivity index (χ0) is 14.8. The second-order valence-electron chi connectivity index (χ2n) is 4.92. The molecular weight excluding hydrogens is 266 g/mol. The van der Waals surface area contributed by atoms with Crippen LogP contribution in [0.5, 0.6) is 0 Å². The molecule has 0 amide bonds. The molecule has 5 nitrogen and oxygen atoms in total. The maximum absolute atomic E-state index is 10.8. The maximum atomic E-state index is 10.8. The molecule has 0 fully saturated rings. The van der Waals surface area contributed by atoms with Gasteiger partial charge < -0.3 is 15.0 Å². The summed E-state index contributed by atoms with van der Waals surface area (Å²) < 4.78 is 2.01. The topological polar surface area (TPSA) is 67.2 Å². The first-order valence-corrected chi connectivity index (χ1v) is 6.62. The van der Waals surface area contributed by atoms with Crippen LogP contribution in [-0.2, 0) is 6.67 Å². The molecule has 1 aromatic heterocycles. The number of aromatic carboxylic acids is 1. The van der Waals surface area contributed by atoms with Crippen LogP contribution in [0.3, 0.4) is 0 Å². The number of rotatable bonds is 4. The van der Waals surface area contributed by atoms with Crippen LogP contribution in [0.1, 0.15) is 15.9 Å². The molecule has 0 saturated heterocycles. The van der Waals surface area contributed by atoms with Crippen molar-refractivity contribution in [3.8, 4) is 0 Å². The number of hydrogen-bond acceptors (Lipinski definition) is 3. The normalized spacial score (nSPS) is 10.7. The Balaban J connectivity index is 1.75. The maximum Gasteiger partial charge on any atom is 0.335 e. The lowest BCUT2D eigenvalue weighted by Crippen LogP contribution is -2.07. The van der Waals surface area contributed by atoms with Crippen LogP contribution in [0.25, 0.3) is 11.0 Å². The number of carboxylic acids is 1. The number of carbonyl (C=O) groups is 1. The zero-order valence-electron chi connectivity index (χ0n) is 11.6. The number of fused-ring (bicyclic) bond motifs is 1. The molecule has 0 saturated carbocycles. The minimum absolute atomic E-state index is 0.282. The van der Waals surface area contributed by atoms with E-state index in [1.54, 1.807) is 30.6 Å². The number of aromatic nitrogens is 2. The van der Waals surface area contributed by atoms with Gasteiger partial charge in [0.2, 0.25) is 0 Å². The van der Waals surface area contributed by atoms with Crippen molar-refractivity contribution in [3.63, 3.8) is 0 Å². The number of benzene rings is 2. The standard InChI is InChI=1S/C16H15N3O2/c1-11-2-7-15-14(8-11)18-10-19(15)9-17-13-5-3-12(4-6-13)16(20)21/h2-8,10,17H,9H2,1H3,(H,20,21). The van der Waals surface area contributed by atoms with Crippen molar-refractivity contribution in [2.75, 3.05) is 5.32 Å². The van der Waals surface area contributed by atoms with Crippen molar-refractivity contribution in [1.82, 2.24) is 9.55 Å². The van der Waals surface area contributed by atoms with Crippen LogP contribution in [0.15, 0.2) is 48.8 Å². The Hall–Kier alpha value is -2.82. The van der Waals surface area contributed by atoms with Gasteiger partial charge in [-0.15, -0.1) is 0 Å². The van der Waals surface area contributed by atoms with Crippen LogP contribution in [-0.4, -0.2) is 20.6 Å². The lowest BCUT2D eigenvalue weighted by atomic mass is 10.2. The average molecular weight is 281 g/mol. The monoisotopic (exact) mass is 281 g/mol. The van der Waals surface area contributed by atoms with Gasteiger partial charge in [0.15, 0.2) is 0 Å². The van der Waals surface area contributed by atoms with Gasteiger partial charge >= 0.3 is 5.97 Å². The summed E-state index contributed by atoms with van der Waals surface area (Å²) in [5, 5.41) is 12.1. The number of nitrogens with one attached hydrogen (secondary N) is 1. The van der Waals surface area contributed by atoms with Gasteiger partial charge in [-0.3, -0.25) is 0 Å². The van der Waals surface area contributed by atoms with Gasteiger partial charge in [0, 0.05) is 5.69 Å². The third-order valence-corrected chi connectivity index (χ3v) is 3.36. The van der Waals surface area contributed by atoms with Crippen molar-refractivity contribution in [1.29, 1.82) is 0 Å². The first kappa shape index (κ1) is 13.2. The van der Waals surface area contributed by atoms with Gasteiger partial charge in [-0.1, -0.05) is 6.07 Å². The summed E-state index contributed by atoms with van der Waals surface area (Å²) in [4.78, 5) is 15.2. The molecule has 0 bridgehead atoms. The minimum atomic E-state index is -0.919. The summed E-state index contributed by atoms with van der Waals surface area (Å²) in [6.07, 6.45) is 1.79. The molecule has 0 atom stereocenters. The van der Waals surface area contributed by atoms with E-state index in [1.165, 1.54) is 5.56 Å². The Morgan fingerprint density at radius 3 is 2.71 bits per heavy atom. The average Bonchev–Trinajstić information content (AvgIpc) is 2.87. The largest absolute Gasteiger partial charge is 0.478 e. The number of carboxylic acid groups (broad SMARTS) is 1. The van der Waals surface area contributed by atoms with E-state index >= 15 is 0 Å².